The summed E-state index contributed by atoms with van der Waals surface area (Å²) in [5.41, 5.74) is 5.64. The molecule has 0 aliphatic heterocycles. The Balaban J connectivity index is 0.00000240. The zero-order chi connectivity index (χ0) is 19.2. The minimum Gasteiger partial charge on any atom is -1.00 e. The number of halogens is 1. The van der Waals surface area contributed by atoms with Crippen LogP contribution in [0.5, 0.6) is 0 Å². The van der Waals surface area contributed by atoms with Crippen LogP contribution in [0.1, 0.15) is 11.1 Å². The molecule has 144 valence electrons. The van der Waals surface area contributed by atoms with E-state index < -0.39 is 0 Å². The van der Waals surface area contributed by atoms with E-state index in [0.717, 1.165) is 28.5 Å². The van der Waals surface area contributed by atoms with E-state index in [4.69, 9.17) is 0 Å². The van der Waals surface area contributed by atoms with Crippen molar-refractivity contribution in [1.82, 2.24) is 4.58 Å². The Labute approximate surface area is 178 Å². The smallest absolute Gasteiger partial charge is 0.292 e. The minimum absolute atomic E-state index is 0. The highest BCUT2D eigenvalue weighted by molar-refractivity contribution is 6.11. The molecular formula is C26H23ClN2. The molecule has 2 nitrogen and oxygen atoms in total. The van der Waals surface area contributed by atoms with E-state index in [1.807, 2.05) is 18.2 Å². The molecule has 0 fully saturated rings. The second-order valence-electron chi connectivity index (χ2n) is 6.66. The first kappa shape index (κ1) is 20.4. The minimum atomic E-state index is 0. The maximum atomic E-state index is 3.70. The van der Waals surface area contributed by atoms with Crippen LogP contribution < -0.4 is 22.3 Å². The molecular weight excluding hydrogens is 376 g/mol. The molecule has 29 heavy (non-hydrogen) atoms. The number of hydrogen-bond donors (Lipinski definition) is 1. The molecule has 0 heterocycles. The standard InChI is InChI=1S/C26H22N2.ClH/c1-21-13-11-12-20-25(21)27-26(22-14-5-2-6-15-22)28(23-16-7-3-8-17-23)24-18-9-4-10-19-24;/h2-20H,1H3;1H. The van der Waals surface area contributed by atoms with Crippen molar-refractivity contribution in [2.45, 2.75) is 6.92 Å². The van der Waals surface area contributed by atoms with Crippen molar-refractivity contribution in [2.75, 3.05) is 5.32 Å². The molecule has 4 aromatic carbocycles. The first-order valence-electron chi connectivity index (χ1n) is 9.48. The van der Waals surface area contributed by atoms with Gasteiger partial charge >= 0.3 is 0 Å². The van der Waals surface area contributed by atoms with Gasteiger partial charge in [0.25, 0.3) is 5.84 Å². The zero-order valence-electron chi connectivity index (χ0n) is 16.3. The highest BCUT2D eigenvalue weighted by Crippen LogP contribution is 2.23. The quantitative estimate of drug-likeness (QED) is 0.316. The third kappa shape index (κ3) is 4.74. The van der Waals surface area contributed by atoms with E-state index in [-0.39, 0.29) is 12.4 Å². The molecule has 0 aliphatic carbocycles. The molecule has 0 amide bonds. The zero-order valence-corrected chi connectivity index (χ0v) is 17.1. The number of amidine groups is 1. The predicted molar refractivity (Wildman–Crippen MR) is 120 cm³/mol. The van der Waals surface area contributed by atoms with Crippen LogP contribution in [0.4, 0.5) is 17.1 Å². The van der Waals surface area contributed by atoms with Crippen molar-refractivity contribution in [3.8, 4) is 0 Å². The maximum absolute atomic E-state index is 3.70. The summed E-state index contributed by atoms with van der Waals surface area (Å²) in [5, 5.41) is 3.70. The normalized spacial score (nSPS) is 9.97. The van der Waals surface area contributed by atoms with Gasteiger partial charge in [-0.25, -0.2) is 5.32 Å². The summed E-state index contributed by atoms with van der Waals surface area (Å²) in [6, 6.07) is 39.8. The summed E-state index contributed by atoms with van der Waals surface area (Å²) in [7, 11) is 0. The number of nitrogens with zero attached hydrogens (tertiary/aromatic N) is 1. The van der Waals surface area contributed by atoms with Crippen molar-refractivity contribution in [3.05, 3.63) is 126 Å². The topological polar surface area (TPSA) is 15.0 Å². The predicted octanol–water partition coefficient (Wildman–Crippen LogP) is 3.39. The van der Waals surface area contributed by atoms with Crippen LogP contribution in [-0.4, -0.2) is 5.84 Å². The van der Waals surface area contributed by atoms with Gasteiger partial charge in [-0.15, -0.1) is 0 Å². The molecule has 4 rings (SSSR count). The number of benzene rings is 4. The number of aryl methyl sites for hydroxylation is 1. The lowest BCUT2D eigenvalue weighted by Crippen LogP contribution is -3.00. The summed E-state index contributed by atoms with van der Waals surface area (Å²) in [6.45, 7) is 2.13. The molecule has 0 aromatic heterocycles. The van der Waals surface area contributed by atoms with E-state index in [1.54, 1.807) is 0 Å². The molecule has 0 saturated heterocycles. The second-order valence-corrected chi connectivity index (χ2v) is 6.66. The van der Waals surface area contributed by atoms with Gasteiger partial charge in [0, 0.05) is 0 Å². The van der Waals surface area contributed by atoms with Gasteiger partial charge in [0.15, 0.2) is 0 Å². The first-order chi connectivity index (χ1) is 13.8. The van der Waals surface area contributed by atoms with Gasteiger partial charge < -0.3 is 12.4 Å². The third-order valence-corrected chi connectivity index (χ3v) is 4.70. The molecule has 0 aliphatic rings. The van der Waals surface area contributed by atoms with Gasteiger partial charge in [-0.05, 0) is 55.0 Å². The Bertz CT molecular complexity index is 1030. The highest BCUT2D eigenvalue weighted by Gasteiger charge is 2.21. The number of nitrogens with one attached hydrogen (secondary N) is 1. The molecule has 0 spiro atoms. The van der Waals surface area contributed by atoms with Crippen LogP contribution in [0.15, 0.2) is 115 Å². The highest BCUT2D eigenvalue weighted by atomic mass is 35.5. The molecule has 0 saturated carbocycles. The second kappa shape index (κ2) is 9.72. The third-order valence-electron chi connectivity index (χ3n) is 4.70. The number of anilines is 1. The van der Waals surface area contributed by atoms with Crippen molar-refractivity contribution in [3.63, 3.8) is 0 Å². The monoisotopic (exact) mass is 398 g/mol. The van der Waals surface area contributed by atoms with E-state index in [2.05, 4.69) is 114 Å². The van der Waals surface area contributed by atoms with E-state index >= 15 is 0 Å². The largest absolute Gasteiger partial charge is 1.00 e. The van der Waals surface area contributed by atoms with Crippen molar-refractivity contribution >= 4 is 22.9 Å². The lowest BCUT2D eigenvalue weighted by atomic mass is 10.1. The van der Waals surface area contributed by atoms with Crippen LogP contribution in [0.2, 0.25) is 0 Å². The van der Waals surface area contributed by atoms with Gasteiger partial charge in [-0.1, -0.05) is 72.8 Å². The van der Waals surface area contributed by atoms with Crippen LogP contribution in [0.3, 0.4) is 0 Å². The lowest BCUT2D eigenvalue weighted by Gasteiger charge is -2.14. The fourth-order valence-corrected chi connectivity index (χ4v) is 3.26. The molecule has 0 radical (unpaired) electrons. The summed E-state index contributed by atoms with van der Waals surface area (Å²) < 4.78 is 2.27. The molecule has 0 bridgehead atoms. The van der Waals surface area contributed by atoms with Crippen molar-refractivity contribution in [1.29, 1.82) is 0 Å². The lowest BCUT2D eigenvalue weighted by molar-refractivity contribution is -0.00000555. The van der Waals surface area contributed by atoms with Crippen LogP contribution in [-0.2, 0) is 0 Å². The van der Waals surface area contributed by atoms with Crippen molar-refractivity contribution < 1.29 is 12.4 Å². The summed E-state index contributed by atoms with van der Waals surface area (Å²) >= 11 is 0. The van der Waals surface area contributed by atoms with Crippen LogP contribution in [0, 0.1) is 6.92 Å². The van der Waals surface area contributed by atoms with Gasteiger partial charge in [0.1, 0.15) is 17.1 Å². The van der Waals surface area contributed by atoms with Gasteiger partial charge in [0.05, 0.1) is 5.56 Å². The number of para-hydroxylation sites is 3. The number of hydrogen-bond acceptors (Lipinski definition) is 0. The van der Waals surface area contributed by atoms with E-state index in [1.165, 1.54) is 5.56 Å². The maximum Gasteiger partial charge on any atom is 0.292 e. The summed E-state index contributed by atoms with van der Waals surface area (Å²) in [6.07, 6.45) is 0. The van der Waals surface area contributed by atoms with E-state index in [9.17, 15) is 0 Å². The Morgan fingerprint density at radius 2 is 1.03 bits per heavy atom. The van der Waals surface area contributed by atoms with E-state index in [0.29, 0.717) is 0 Å². The SMILES string of the molecule is Cc1ccccc1NC(c1ccccc1)=[N+](c1ccccc1)c1ccccc1.[Cl-]. The van der Waals surface area contributed by atoms with Gasteiger partial charge in [0.2, 0.25) is 0 Å². The molecule has 1 N–H and O–H groups in total. The average molecular weight is 399 g/mol. The Hall–Kier alpha value is -3.36. The van der Waals surface area contributed by atoms with Gasteiger partial charge in [-0.3, -0.25) is 0 Å². The summed E-state index contributed by atoms with van der Waals surface area (Å²) in [5.74, 6) is 1.02. The Kier molecular flexibility index (Phi) is 6.83. The Morgan fingerprint density at radius 1 is 0.586 bits per heavy atom. The molecule has 0 atom stereocenters. The molecule has 3 heteroatoms. The van der Waals surface area contributed by atoms with Crippen molar-refractivity contribution in [2.24, 2.45) is 0 Å². The van der Waals surface area contributed by atoms with Gasteiger partial charge in [-0.2, -0.15) is 4.58 Å². The van der Waals surface area contributed by atoms with Crippen LogP contribution in [0.25, 0.3) is 0 Å². The fourth-order valence-electron chi connectivity index (χ4n) is 3.26. The first-order valence-corrected chi connectivity index (χ1v) is 9.48. The van der Waals surface area contributed by atoms with Crippen LogP contribution >= 0.6 is 0 Å². The fraction of sp³-hybridized carbons (Fsp3) is 0.0385. The molecule has 4 aromatic rings. The molecule has 0 unspecified atom stereocenters. The Morgan fingerprint density at radius 3 is 1.55 bits per heavy atom. The number of rotatable bonds is 4. The summed E-state index contributed by atoms with van der Waals surface area (Å²) in [4.78, 5) is 0. The average Bonchev–Trinajstić information content (AvgIpc) is 2.77.